The lowest BCUT2D eigenvalue weighted by Crippen LogP contribution is -2.58. The zero-order valence-corrected chi connectivity index (χ0v) is 13.7. The van der Waals surface area contributed by atoms with E-state index < -0.39 is 11.6 Å². The van der Waals surface area contributed by atoms with Gasteiger partial charge in [0.1, 0.15) is 5.69 Å². The molecule has 1 saturated heterocycles. The van der Waals surface area contributed by atoms with Crippen LogP contribution in [-0.2, 0) is 0 Å². The summed E-state index contributed by atoms with van der Waals surface area (Å²) in [5, 5.41) is 3.47. The molecule has 1 aliphatic heterocycles. The third-order valence-corrected chi connectivity index (χ3v) is 4.45. The van der Waals surface area contributed by atoms with Crippen molar-refractivity contribution in [3.05, 3.63) is 28.2 Å². The zero-order valence-electron chi connectivity index (χ0n) is 12.1. The molecule has 1 aromatic rings. The molecule has 2 nitrogen and oxygen atoms in total. The Labute approximate surface area is 127 Å². The molecule has 0 amide bonds. The molecule has 0 bridgehead atoms. The van der Waals surface area contributed by atoms with Crippen LogP contribution in [0.4, 0.5) is 14.5 Å². The van der Waals surface area contributed by atoms with E-state index in [1.165, 1.54) is 12.1 Å². The predicted octanol–water partition coefficient (Wildman–Crippen LogP) is 3.94. The van der Waals surface area contributed by atoms with E-state index in [-0.39, 0.29) is 17.8 Å². The van der Waals surface area contributed by atoms with E-state index in [4.69, 9.17) is 0 Å². The monoisotopic (exact) mass is 346 g/mol. The van der Waals surface area contributed by atoms with Gasteiger partial charge in [-0.05, 0) is 24.5 Å². The SMILES string of the molecule is CCC1CNC(C(C)C)CN1c1c(F)cc(Br)cc1F. The lowest BCUT2D eigenvalue weighted by molar-refractivity contribution is 0.321. The maximum absolute atomic E-state index is 14.2. The van der Waals surface area contributed by atoms with Crippen LogP contribution < -0.4 is 10.2 Å². The van der Waals surface area contributed by atoms with Crippen LogP contribution in [0.2, 0.25) is 0 Å². The van der Waals surface area contributed by atoms with Crippen LogP contribution >= 0.6 is 15.9 Å². The second-order valence-electron chi connectivity index (χ2n) is 5.69. The zero-order chi connectivity index (χ0) is 14.9. The van der Waals surface area contributed by atoms with Crippen molar-refractivity contribution in [3.63, 3.8) is 0 Å². The second kappa shape index (κ2) is 6.39. The molecule has 112 valence electrons. The van der Waals surface area contributed by atoms with Crippen LogP contribution in [-0.4, -0.2) is 25.2 Å². The summed E-state index contributed by atoms with van der Waals surface area (Å²) in [5.74, 6) is -0.573. The average molecular weight is 347 g/mol. The van der Waals surface area contributed by atoms with Gasteiger partial charge >= 0.3 is 0 Å². The van der Waals surface area contributed by atoms with Gasteiger partial charge in [-0.25, -0.2) is 8.78 Å². The first-order valence-electron chi connectivity index (χ1n) is 7.08. The van der Waals surface area contributed by atoms with Crippen molar-refractivity contribution in [2.24, 2.45) is 5.92 Å². The van der Waals surface area contributed by atoms with Crippen LogP contribution in [0, 0.1) is 17.6 Å². The fourth-order valence-electron chi connectivity index (χ4n) is 2.72. The summed E-state index contributed by atoms with van der Waals surface area (Å²) in [6.07, 6.45) is 0.854. The van der Waals surface area contributed by atoms with Crippen molar-refractivity contribution in [2.75, 3.05) is 18.0 Å². The minimum Gasteiger partial charge on any atom is -0.361 e. The van der Waals surface area contributed by atoms with Crippen LogP contribution in [0.5, 0.6) is 0 Å². The van der Waals surface area contributed by atoms with E-state index in [1.54, 1.807) is 0 Å². The molecule has 0 aromatic heterocycles. The number of anilines is 1. The Balaban J connectivity index is 2.36. The first-order valence-corrected chi connectivity index (χ1v) is 7.87. The summed E-state index contributed by atoms with van der Waals surface area (Å²) < 4.78 is 28.8. The number of piperazine rings is 1. The Morgan fingerprint density at radius 2 is 1.95 bits per heavy atom. The molecule has 0 spiro atoms. The number of hydrogen-bond donors (Lipinski definition) is 1. The summed E-state index contributed by atoms with van der Waals surface area (Å²) in [6, 6.07) is 3.03. The van der Waals surface area contributed by atoms with Gasteiger partial charge in [-0.1, -0.05) is 36.7 Å². The smallest absolute Gasteiger partial charge is 0.150 e. The number of halogens is 3. The van der Waals surface area contributed by atoms with Crippen molar-refractivity contribution >= 4 is 21.6 Å². The maximum atomic E-state index is 14.2. The third-order valence-electron chi connectivity index (χ3n) is 3.99. The van der Waals surface area contributed by atoms with E-state index in [1.807, 2.05) is 11.8 Å². The molecule has 1 fully saturated rings. The molecule has 1 N–H and O–H groups in total. The van der Waals surface area contributed by atoms with Crippen molar-refractivity contribution in [3.8, 4) is 0 Å². The van der Waals surface area contributed by atoms with Crippen molar-refractivity contribution < 1.29 is 8.78 Å². The number of rotatable bonds is 3. The Morgan fingerprint density at radius 1 is 1.35 bits per heavy atom. The molecule has 2 rings (SSSR count). The Bertz CT molecular complexity index is 456. The Hall–Kier alpha value is -0.680. The summed E-state index contributed by atoms with van der Waals surface area (Å²) in [5.41, 5.74) is 0.104. The minimum atomic E-state index is -0.500. The highest BCUT2D eigenvalue weighted by atomic mass is 79.9. The Kier molecular flexibility index (Phi) is 5.02. The van der Waals surface area contributed by atoms with Gasteiger partial charge in [0.25, 0.3) is 0 Å². The largest absolute Gasteiger partial charge is 0.361 e. The summed E-state index contributed by atoms with van der Waals surface area (Å²) in [4.78, 5) is 1.89. The van der Waals surface area contributed by atoms with Gasteiger partial charge in [0.2, 0.25) is 0 Å². The Morgan fingerprint density at radius 3 is 2.45 bits per heavy atom. The molecule has 2 atom stereocenters. The van der Waals surface area contributed by atoms with Crippen LogP contribution in [0.3, 0.4) is 0 Å². The van der Waals surface area contributed by atoms with Crippen molar-refractivity contribution in [1.29, 1.82) is 0 Å². The highest BCUT2D eigenvalue weighted by Crippen LogP contribution is 2.31. The average Bonchev–Trinajstić information content (AvgIpc) is 2.37. The van der Waals surface area contributed by atoms with Gasteiger partial charge in [-0.3, -0.25) is 0 Å². The fraction of sp³-hybridized carbons (Fsp3) is 0.600. The standard InChI is InChI=1S/C15H21BrF2N2/c1-4-11-7-19-14(9(2)3)8-20(11)15-12(17)5-10(16)6-13(15)18/h5-6,9,11,14,19H,4,7-8H2,1-3H3. The lowest BCUT2D eigenvalue weighted by Gasteiger charge is -2.43. The van der Waals surface area contributed by atoms with Crippen LogP contribution in [0.15, 0.2) is 16.6 Å². The van der Waals surface area contributed by atoms with Gasteiger partial charge in [0.05, 0.1) is 0 Å². The highest BCUT2D eigenvalue weighted by molar-refractivity contribution is 9.10. The molecule has 0 saturated carbocycles. The topological polar surface area (TPSA) is 15.3 Å². The maximum Gasteiger partial charge on any atom is 0.150 e. The lowest BCUT2D eigenvalue weighted by atomic mass is 9.97. The predicted molar refractivity (Wildman–Crippen MR) is 82.1 cm³/mol. The van der Waals surface area contributed by atoms with E-state index in [9.17, 15) is 8.78 Å². The number of hydrogen-bond acceptors (Lipinski definition) is 2. The van der Waals surface area contributed by atoms with Crippen molar-refractivity contribution in [2.45, 2.75) is 39.3 Å². The number of nitrogens with zero attached hydrogens (tertiary/aromatic N) is 1. The quantitative estimate of drug-likeness (QED) is 0.891. The highest BCUT2D eigenvalue weighted by Gasteiger charge is 2.31. The summed E-state index contributed by atoms with van der Waals surface area (Å²) in [6.45, 7) is 7.68. The van der Waals surface area contributed by atoms with E-state index in [0.29, 0.717) is 16.9 Å². The molecule has 1 heterocycles. The van der Waals surface area contributed by atoms with Crippen molar-refractivity contribution in [1.82, 2.24) is 5.32 Å². The molecule has 2 unspecified atom stereocenters. The second-order valence-corrected chi connectivity index (χ2v) is 6.61. The molecular weight excluding hydrogens is 326 g/mol. The summed E-state index contributed by atoms with van der Waals surface area (Å²) >= 11 is 3.13. The van der Waals surface area contributed by atoms with E-state index >= 15 is 0 Å². The molecule has 1 aliphatic rings. The fourth-order valence-corrected chi connectivity index (χ4v) is 3.12. The van der Waals surface area contributed by atoms with Gasteiger partial charge < -0.3 is 10.2 Å². The molecule has 0 aliphatic carbocycles. The van der Waals surface area contributed by atoms with E-state index in [0.717, 1.165) is 13.0 Å². The van der Waals surface area contributed by atoms with Gasteiger partial charge in [-0.15, -0.1) is 0 Å². The van der Waals surface area contributed by atoms with Gasteiger partial charge in [-0.2, -0.15) is 0 Å². The number of nitrogens with one attached hydrogen (secondary N) is 1. The van der Waals surface area contributed by atoms with E-state index in [2.05, 4.69) is 35.1 Å². The normalized spacial score (nSPS) is 23.4. The minimum absolute atomic E-state index is 0.104. The molecule has 20 heavy (non-hydrogen) atoms. The van der Waals surface area contributed by atoms with Gasteiger partial charge in [0, 0.05) is 29.6 Å². The molecule has 5 heteroatoms. The summed E-state index contributed by atoms with van der Waals surface area (Å²) in [7, 11) is 0. The molecule has 1 aromatic carbocycles. The molecular formula is C15H21BrF2N2. The first kappa shape index (κ1) is 15.7. The van der Waals surface area contributed by atoms with Crippen LogP contribution in [0.1, 0.15) is 27.2 Å². The molecule has 0 radical (unpaired) electrons. The van der Waals surface area contributed by atoms with Crippen LogP contribution in [0.25, 0.3) is 0 Å². The first-order chi connectivity index (χ1) is 9.43. The third kappa shape index (κ3) is 3.14. The number of benzene rings is 1. The van der Waals surface area contributed by atoms with Gasteiger partial charge in [0.15, 0.2) is 11.6 Å².